The summed E-state index contributed by atoms with van der Waals surface area (Å²) in [5.41, 5.74) is 0. The van der Waals surface area contributed by atoms with E-state index in [9.17, 15) is 0 Å². The first-order chi connectivity index (χ1) is 7.60. The third kappa shape index (κ3) is 9.21. The maximum absolute atomic E-state index is 3.20. The molecule has 0 amide bonds. The first-order valence-electron chi connectivity index (χ1n) is 7.27. The summed E-state index contributed by atoms with van der Waals surface area (Å²) in [6.07, 6.45) is 9.87. The summed E-state index contributed by atoms with van der Waals surface area (Å²) in [6, 6.07) is 0.704. The molecule has 0 aliphatic heterocycles. The summed E-state index contributed by atoms with van der Waals surface area (Å²) in [7, 11) is 2.01. The molecule has 1 heteroatoms. The van der Waals surface area contributed by atoms with Gasteiger partial charge in [0.1, 0.15) is 0 Å². The van der Waals surface area contributed by atoms with Crippen LogP contribution in [0, 0.1) is 11.8 Å². The molecule has 0 aromatic heterocycles. The van der Waals surface area contributed by atoms with Crippen molar-refractivity contribution < 1.29 is 0 Å². The summed E-state index contributed by atoms with van der Waals surface area (Å²) in [6.45, 7) is 9.18. The predicted octanol–water partition coefficient (Wildman–Crippen LogP) is 4.62. The van der Waals surface area contributed by atoms with Crippen LogP contribution in [-0.2, 0) is 0 Å². The maximum Gasteiger partial charge on any atom is 0.00357 e. The predicted molar refractivity (Wildman–Crippen MR) is 74.8 cm³/mol. The fraction of sp³-hybridized carbons (Fsp3) is 1.00. The maximum atomic E-state index is 3.20. The minimum Gasteiger partial charge on any atom is -0.317 e. The van der Waals surface area contributed by atoms with E-state index < -0.39 is 0 Å². The van der Waals surface area contributed by atoms with E-state index >= 15 is 0 Å². The summed E-state index contributed by atoms with van der Waals surface area (Å²) in [5.74, 6) is 2.04. The first-order valence-corrected chi connectivity index (χ1v) is 7.27. The van der Waals surface area contributed by atoms with E-state index in [1.807, 2.05) is 7.05 Å². The number of rotatable bonds is 4. The average Bonchev–Trinajstić information content (AvgIpc) is 2.30. The summed E-state index contributed by atoms with van der Waals surface area (Å²) >= 11 is 0. The standard InChI is InChI=1S/C8H16.C7H17N/c1-7-3-5-8(2)6-4-7;1-4-5-6-7(2)8-3/h7-8H,3-6H2,1-2H3;7-8H,4-6H2,1-3H3. The second-order valence-corrected chi connectivity index (χ2v) is 5.70. The van der Waals surface area contributed by atoms with Gasteiger partial charge in [0, 0.05) is 6.04 Å². The number of hydrogen-bond donors (Lipinski definition) is 1. The van der Waals surface area contributed by atoms with E-state index in [0.717, 1.165) is 11.8 Å². The number of nitrogens with one attached hydrogen (secondary N) is 1. The molecule has 0 aromatic carbocycles. The normalized spacial score (nSPS) is 26.8. The van der Waals surface area contributed by atoms with Crippen molar-refractivity contribution in [3.05, 3.63) is 0 Å². The molecule has 1 fully saturated rings. The van der Waals surface area contributed by atoms with Gasteiger partial charge in [0.15, 0.2) is 0 Å². The Morgan fingerprint density at radius 1 is 1.06 bits per heavy atom. The van der Waals surface area contributed by atoms with Crippen molar-refractivity contribution in [2.45, 2.75) is 78.7 Å². The minimum atomic E-state index is 0.704. The Hall–Kier alpha value is -0.0400. The van der Waals surface area contributed by atoms with Gasteiger partial charge in [0.05, 0.1) is 0 Å². The Balaban J connectivity index is 0.000000281. The molecule has 1 aliphatic carbocycles. The lowest BCUT2D eigenvalue weighted by molar-refractivity contribution is 0.308. The number of unbranched alkanes of at least 4 members (excludes halogenated alkanes) is 1. The lowest BCUT2D eigenvalue weighted by atomic mass is 9.84. The Kier molecular flexibility index (Phi) is 10.1. The van der Waals surface area contributed by atoms with Crippen LogP contribution < -0.4 is 5.32 Å². The van der Waals surface area contributed by atoms with Gasteiger partial charge in [-0.3, -0.25) is 0 Å². The lowest BCUT2D eigenvalue weighted by Gasteiger charge is -2.22. The molecule has 16 heavy (non-hydrogen) atoms. The van der Waals surface area contributed by atoms with E-state index in [2.05, 4.69) is 33.0 Å². The van der Waals surface area contributed by atoms with Crippen molar-refractivity contribution in [1.82, 2.24) is 5.32 Å². The van der Waals surface area contributed by atoms with E-state index in [1.54, 1.807) is 0 Å². The van der Waals surface area contributed by atoms with Crippen molar-refractivity contribution in [3.8, 4) is 0 Å². The summed E-state index contributed by atoms with van der Waals surface area (Å²) < 4.78 is 0. The molecular weight excluding hydrogens is 194 g/mol. The monoisotopic (exact) mass is 227 g/mol. The van der Waals surface area contributed by atoms with Crippen LogP contribution in [0.4, 0.5) is 0 Å². The summed E-state index contributed by atoms with van der Waals surface area (Å²) in [4.78, 5) is 0. The van der Waals surface area contributed by atoms with Crippen molar-refractivity contribution in [1.29, 1.82) is 0 Å². The molecule has 1 atom stereocenters. The number of hydrogen-bond acceptors (Lipinski definition) is 1. The van der Waals surface area contributed by atoms with Gasteiger partial charge in [-0.15, -0.1) is 0 Å². The Morgan fingerprint density at radius 2 is 1.50 bits per heavy atom. The van der Waals surface area contributed by atoms with E-state index in [0.29, 0.717) is 6.04 Å². The quantitative estimate of drug-likeness (QED) is 0.739. The molecule has 0 aromatic rings. The summed E-state index contributed by atoms with van der Waals surface area (Å²) in [5, 5.41) is 3.20. The van der Waals surface area contributed by atoms with Crippen LogP contribution in [0.3, 0.4) is 0 Å². The van der Waals surface area contributed by atoms with Gasteiger partial charge < -0.3 is 5.32 Å². The van der Waals surface area contributed by atoms with Gasteiger partial charge in [-0.2, -0.15) is 0 Å². The molecule has 98 valence electrons. The zero-order valence-corrected chi connectivity index (χ0v) is 12.2. The second kappa shape index (κ2) is 10.1. The van der Waals surface area contributed by atoms with Crippen LogP contribution in [0.5, 0.6) is 0 Å². The van der Waals surface area contributed by atoms with Gasteiger partial charge in [-0.1, -0.05) is 59.3 Å². The minimum absolute atomic E-state index is 0.704. The molecule has 1 unspecified atom stereocenters. The van der Waals surface area contributed by atoms with E-state index in [-0.39, 0.29) is 0 Å². The zero-order chi connectivity index (χ0) is 12.4. The van der Waals surface area contributed by atoms with Crippen LogP contribution in [0.25, 0.3) is 0 Å². The fourth-order valence-electron chi connectivity index (χ4n) is 2.08. The first kappa shape index (κ1) is 16.0. The largest absolute Gasteiger partial charge is 0.317 e. The average molecular weight is 227 g/mol. The second-order valence-electron chi connectivity index (χ2n) is 5.70. The van der Waals surface area contributed by atoms with Gasteiger partial charge in [-0.05, 0) is 32.2 Å². The highest BCUT2D eigenvalue weighted by atomic mass is 14.8. The molecule has 1 N–H and O–H groups in total. The van der Waals surface area contributed by atoms with Crippen LogP contribution in [0.2, 0.25) is 0 Å². The Bertz CT molecular complexity index is 123. The van der Waals surface area contributed by atoms with Crippen LogP contribution >= 0.6 is 0 Å². The molecule has 0 radical (unpaired) electrons. The van der Waals surface area contributed by atoms with Crippen LogP contribution in [0.15, 0.2) is 0 Å². The third-order valence-electron chi connectivity index (χ3n) is 3.79. The fourth-order valence-corrected chi connectivity index (χ4v) is 2.08. The zero-order valence-electron chi connectivity index (χ0n) is 12.2. The van der Waals surface area contributed by atoms with Crippen molar-refractivity contribution >= 4 is 0 Å². The van der Waals surface area contributed by atoms with Gasteiger partial charge >= 0.3 is 0 Å². The van der Waals surface area contributed by atoms with Crippen molar-refractivity contribution in [2.75, 3.05) is 7.05 Å². The third-order valence-corrected chi connectivity index (χ3v) is 3.79. The SMILES string of the molecule is CC1CCC(C)CC1.CCCCC(C)NC. The highest BCUT2D eigenvalue weighted by Gasteiger charge is 2.13. The topological polar surface area (TPSA) is 12.0 Å². The highest BCUT2D eigenvalue weighted by molar-refractivity contribution is 4.65. The Labute approximate surface area is 103 Å². The molecular formula is C15H33N. The van der Waals surface area contributed by atoms with Gasteiger partial charge in [0.25, 0.3) is 0 Å². The molecule has 1 aliphatic rings. The Morgan fingerprint density at radius 3 is 1.81 bits per heavy atom. The molecule has 1 rings (SSSR count). The molecule has 0 spiro atoms. The van der Waals surface area contributed by atoms with Crippen molar-refractivity contribution in [3.63, 3.8) is 0 Å². The van der Waals surface area contributed by atoms with E-state index in [1.165, 1.54) is 44.9 Å². The van der Waals surface area contributed by atoms with Crippen molar-refractivity contribution in [2.24, 2.45) is 11.8 Å². The molecule has 0 bridgehead atoms. The van der Waals surface area contributed by atoms with Crippen LogP contribution in [-0.4, -0.2) is 13.1 Å². The van der Waals surface area contributed by atoms with E-state index in [4.69, 9.17) is 0 Å². The highest BCUT2D eigenvalue weighted by Crippen LogP contribution is 2.27. The molecule has 0 heterocycles. The molecule has 1 nitrogen and oxygen atoms in total. The lowest BCUT2D eigenvalue weighted by Crippen LogP contribution is -2.20. The van der Waals surface area contributed by atoms with Gasteiger partial charge in [0.2, 0.25) is 0 Å². The smallest absolute Gasteiger partial charge is 0.00357 e. The molecule has 0 saturated heterocycles. The molecule has 1 saturated carbocycles. The van der Waals surface area contributed by atoms with Crippen LogP contribution in [0.1, 0.15) is 72.6 Å². The van der Waals surface area contributed by atoms with Gasteiger partial charge in [-0.25, -0.2) is 0 Å².